The molecule has 0 aliphatic heterocycles. The van der Waals surface area contributed by atoms with Crippen molar-refractivity contribution >= 4 is 5.71 Å². The summed E-state index contributed by atoms with van der Waals surface area (Å²) in [4.78, 5) is 5.55. The Bertz CT molecular complexity index is 388. The Kier molecular flexibility index (Phi) is 17.9. The second-order valence-electron chi connectivity index (χ2n) is 7.42. The lowest BCUT2D eigenvalue weighted by Crippen LogP contribution is -2.17. The highest BCUT2D eigenvalue weighted by atomic mass is 16.6. The van der Waals surface area contributed by atoms with Gasteiger partial charge in [0.05, 0.1) is 0 Å². The van der Waals surface area contributed by atoms with Crippen LogP contribution in [0, 0.1) is 5.41 Å². The lowest BCUT2D eigenvalue weighted by molar-refractivity contribution is 0.0807. The van der Waals surface area contributed by atoms with Crippen LogP contribution in [-0.4, -0.2) is 12.3 Å². The predicted molar refractivity (Wildman–Crippen MR) is 116 cm³/mol. The zero-order valence-corrected chi connectivity index (χ0v) is 17.8. The molecule has 0 aromatic carbocycles. The fourth-order valence-corrected chi connectivity index (χ4v) is 2.91. The number of hydrogen-bond acceptors (Lipinski definition) is 3. The molecule has 0 saturated heterocycles. The van der Waals surface area contributed by atoms with Crippen LogP contribution >= 0.6 is 0 Å². The Hall–Kier alpha value is -1.09. The van der Waals surface area contributed by atoms with Gasteiger partial charge in [-0.15, -0.1) is 0 Å². The highest BCUT2D eigenvalue weighted by Crippen LogP contribution is 2.12. The Morgan fingerprint density at radius 2 is 1.42 bits per heavy atom. The molecule has 3 heteroatoms. The normalized spacial score (nSPS) is 11.6. The summed E-state index contributed by atoms with van der Waals surface area (Å²) in [6, 6.07) is 0. The molecule has 2 N–H and O–H groups in total. The van der Waals surface area contributed by atoms with Gasteiger partial charge in [-0.05, 0) is 38.2 Å². The first kappa shape index (κ1) is 24.9. The minimum absolute atomic E-state index is 0.443. The first-order chi connectivity index (χ1) is 12.6. The molecular formula is C23H44N2O. The van der Waals surface area contributed by atoms with E-state index in [1.807, 2.05) is 6.92 Å². The standard InChI is InChI=1S/C23H44N2O/c1-5-7-9-11-12-13-14-15-16-18-21(3)25-26-20-23(22(4)24)19-17-10-8-6-2/h19,24-25H,3,5-18,20H2,1-2,4H3/b23-19+,24-22?. The van der Waals surface area contributed by atoms with Crippen molar-refractivity contribution in [2.75, 3.05) is 6.61 Å². The quantitative estimate of drug-likeness (QED) is 0.142. The van der Waals surface area contributed by atoms with E-state index < -0.39 is 0 Å². The van der Waals surface area contributed by atoms with Crippen LogP contribution in [0.5, 0.6) is 0 Å². The van der Waals surface area contributed by atoms with Crippen molar-refractivity contribution in [1.82, 2.24) is 5.48 Å². The summed E-state index contributed by atoms with van der Waals surface area (Å²) in [7, 11) is 0. The van der Waals surface area contributed by atoms with E-state index in [-0.39, 0.29) is 0 Å². The SMILES string of the molecule is C=C(CCCCCCCCCCC)NOC/C(=C\CCCCC)C(C)=N. The number of rotatable bonds is 19. The van der Waals surface area contributed by atoms with Crippen LogP contribution in [0.15, 0.2) is 23.9 Å². The molecule has 0 spiro atoms. The smallest absolute Gasteiger partial charge is 0.101 e. The lowest BCUT2D eigenvalue weighted by Gasteiger charge is -2.11. The third-order valence-electron chi connectivity index (χ3n) is 4.71. The summed E-state index contributed by atoms with van der Waals surface area (Å²) >= 11 is 0. The first-order valence-electron chi connectivity index (χ1n) is 10.9. The fourth-order valence-electron chi connectivity index (χ4n) is 2.91. The number of nitrogens with one attached hydrogen (secondary N) is 2. The van der Waals surface area contributed by atoms with Gasteiger partial charge in [0.15, 0.2) is 0 Å². The molecule has 0 amide bonds. The Morgan fingerprint density at radius 3 is 2.00 bits per heavy atom. The molecule has 26 heavy (non-hydrogen) atoms. The average molecular weight is 365 g/mol. The molecule has 0 heterocycles. The predicted octanol–water partition coefficient (Wildman–Crippen LogP) is 7.49. The molecule has 0 aromatic heterocycles. The maximum absolute atomic E-state index is 7.85. The third-order valence-corrected chi connectivity index (χ3v) is 4.71. The Balaban J connectivity index is 3.66. The number of allylic oxidation sites excluding steroid dienone is 2. The van der Waals surface area contributed by atoms with Crippen LogP contribution in [0.3, 0.4) is 0 Å². The topological polar surface area (TPSA) is 45.1 Å². The van der Waals surface area contributed by atoms with Crippen molar-refractivity contribution in [2.24, 2.45) is 0 Å². The van der Waals surface area contributed by atoms with E-state index in [4.69, 9.17) is 10.2 Å². The minimum Gasteiger partial charge on any atom is -0.305 e. The van der Waals surface area contributed by atoms with Crippen LogP contribution in [0.25, 0.3) is 0 Å². The summed E-state index contributed by atoms with van der Waals surface area (Å²) in [6.07, 6.45) is 19.8. The van der Waals surface area contributed by atoms with E-state index in [0.717, 1.165) is 24.1 Å². The summed E-state index contributed by atoms with van der Waals surface area (Å²) in [5, 5.41) is 7.85. The molecule has 0 fully saturated rings. The molecule has 0 aromatic rings. The summed E-state index contributed by atoms with van der Waals surface area (Å²) < 4.78 is 0. The molecule has 0 unspecified atom stereocenters. The third kappa shape index (κ3) is 16.4. The van der Waals surface area contributed by atoms with Crippen molar-refractivity contribution in [1.29, 1.82) is 5.41 Å². The molecule has 0 aliphatic carbocycles. The van der Waals surface area contributed by atoms with Crippen LogP contribution in [-0.2, 0) is 4.84 Å². The van der Waals surface area contributed by atoms with Gasteiger partial charge < -0.3 is 5.41 Å². The Labute approximate surface area is 163 Å². The van der Waals surface area contributed by atoms with Gasteiger partial charge in [0.25, 0.3) is 0 Å². The molecule has 0 saturated carbocycles. The highest BCUT2D eigenvalue weighted by molar-refractivity contribution is 5.95. The number of hydroxylamine groups is 1. The van der Waals surface area contributed by atoms with E-state index in [0.29, 0.717) is 12.3 Å². The van der Waals surface area contributed by atoms with Crippen molar-refractivity contribution in [3.8, 4) is 0 Å². The molecule has 0 aliphatic rings. The van der Waals surface area contributed by atoms with E-state index in [1.165, 1.54) is 77.0 Å². The van der Waals surface area contributed by atoms with Crippen molar-refractivity contribution < 1.29 is 4.84 Å². The van der Waals surface area contributed by atoms with Gasteiger partial charge in [0, 0.05) is 11.4 Å². The van der Waals surface area contributed by atoms with Crippen LogP contribution in [0.2, 0.25) is 0 Å². The highest BCUT2D eigenvalue weighted by Gasteiger charge is 2.02. The summed E-state index contributed by atoms with van der Waals surface area (Å²) in [5.41, 5.74) is 5.48. The molecule has 0 radical (unpaired) electrons. The maximum atomic E-state index is 7.85. The zero-order valence-electron chi connectivity index (χ0n) is 17.8. The van der Waals surface area contributed by atoms with Crippen molar-refractivity contribution in [2.45, 2.75) is 111 Å². The summed E-state index contributed by atoms with van der Waals surface area (Å²) in [5.74, 6) is 0. The molecule has 3 nitrogen and oxygen atoms in total. The Morgan fingerprint density at radius 1 is 0.885 bits per heavy atom. The number of unbranched alkanes of at least 4 members (excludes halogenated alkanes) is 11. The van der Waals surface area contributed by atoms with E-state index in [2.05, 4.69) is 32.0 Å². The fraction of sp³-hybridized carbons (Fsp3) is 0.783. The molecule has 0 bridgehead atoms. The number of hydrogen-bond donors (Lipinski definition) is 2. The van der Waals surface area contributed by atoms with Gasteiger partial charge in [-0.1, -0.05) is 90.7 Å². The van der Waals surface area contributed by atoms with Crippen LogP contribution < -0.4 is 5.48 Å². The van der Waals surface area contributed by atoms with Crippen LogP contribution in [0.4, 0.5) is 0 Å². The summed E-state index contributed by atoms with van der Waals surface area (Å²) in [6.45, 7) is 10.8. The second kappa shape index (κ2) is 18.7. The van der Waals surface area contributed by atoms with Gasteiger partial charge >= 0.3 is 0 Å². The lowest BCUT2D eigenvalue weighted by atomic mass is 10.1. The maximum Gasteiger partial charge on any atom is 0.101 e. The van der Waals surface area contributed by atoms with Gasteiger partial charge in [-0.2, -0.15) is 0 Å². The molecule has 0 atom stereocenters. The van der Waals surface area contributed by atoms with Crippen molar-refractivity contribution in [3.63, 3.8) is 0 Å². The zero-order chi connectivity index (χ0) is 19.5. The first-order valence-corrected chi connectivity index (χ1v) is 10.9. The largest absolute Gasteiger partial charge is 0.305 e. The second-order valence-corrected chi connectivity index (χ2v) is 7.42. The average Bonchev–Trinajstić information content (AvgIpc) is 2.62. The monoisotopic (exact) mass is 364 g/mol. The van der Waals surface area contributed by atoms with Gasteiger partial charge in [-0.3, -0.25) is 10.3 Å². The van der Waals surface area contributed by atoms with E-state index >= 15 is 0 Å². The van der Waals surface area contributed by atoms with Gasteiger partial charge in [0.2, 0.25) is 0 Å². The molecular weight excluding hydrogens is 320 g/mol. The van der Waals surface area contributed by atoms with Gasteiger partial charge in [0.1, 0.15) is 6.61 Å². The van der Waals surface area contributed by atoms with Crippen molar-refractivity contribution in [3.05, 3.63) is 23.9 Å². The minimum atomic E-state index is 0.443. The van der Waals surface area contributed by atoms with E-state index in [9.17, 15) is 0 Å². The molecule has 152 valence electrons. The molecule has 0 rings (SSSR count). The van der Waals surface area contributed by atoms with Gasteiger partial charge in [-0.25, -0.2) is 0 Å². The van der Waals surface area contributed by atoms with Crippen LogP contribution in [0.1, 0.15) is 111 Å². The van der Waals surface area contributed by atoms with E-state index in [1.54, 1.807) is 0 Å².